The highest BCUT2D eigenvalue weighted by molar-refractivity contribution is 6.12. The molecule has 1 aliphatic rings. The quantitative estimate of drug-likeness (QED) is 0.478. The SMILES string of the molecule is C[13C]#[13C]C1(O)C(=O)C(OC)=C1OC. The zero-order chi connectivity index (χ0) is 10.1. The number of methoxy groups -OCH3 is 2. The van der Waals surface area contributed by atoms with Gasteiger partial charge in [-0.3, -0.25) is 4.79 Å². The molecule has 1 N–H and O–H groups in total. The minimum atomic E-state index is -1.80. The molecular formula is C9H10O4. The molecule has 4 heteroatoms. The highest BCUT2D eigenvalue weighted by Crippen LogP contribution is 2.35. The lowest BCUT2D eigenvalue weighted by Gasteiger charge is -2.32. The molecule has 13 heavy (non-hydrogen) atoms. The van der Waals surface area contributed by atoms with Gasteiger partial charge in [-0.25, -0.2) is 0 Å². The molecule has 0 spiro atoms. The van der Waals surface area contributed by atoms with Gasteiger partial charge in [0.2, 0.25) is 5.76 Å². The van der Waals surface area contributed by atoms with E-state index in [9.17, 15) is 9.90 Å². The molecule has 1 rings (SSSR count). The second-order valence-corrected chi connectivity index (χ2v) is 2.48. The summed E-state index contributed by atoms with van der Waals surface area (Å²) < 4.78 is 9.53. The molecule has 0 amide bonds. The first-order valence-electron chi connectivity index (χ1n) is 3.65. The van der Waals surface area contributed by atoms with E-state index in [4.69, 9.17) is 9.47 Å². The summed E-state index contributed by atoms with van der Waals surface area (Å²) in [5.41, 5.74) is -1.80. The summed E-state index contributed by atoms with van der Waals surface area (Å²) >= 11 is 0. The maximum absolute atomic E-state index is 11.3. The van der Waals surface area contributed by atoms with Gasteiger partial charge in [0.15, 0.2) is 5.76 Å². The van der Waals surface area contributed by atoms with Crippen molar-refractivity contribution in [3.05, 3.63) is 11.5 Å². The zero-order valence-corrected chi connectivity index (χ0v) is 7.67. The maximum atomic E-state index is 11.3. The van der Waals surface area contributed by atoms with Gasteiger partial charge in [0.1, 0.15) is 0 Å². The fraction of sp³-hybridized carbons (Fsp3) is 0.444. The fourth-order valence-electron chi connectivity index (χ4n) is 1.19. The first-order valence-corrected chi connectivity index (χ1v) is 3.65. The van der Waals surface area contributed by atoms with Gasteiger partial charge in [-0.05, 0) is 6.92 Å². The Kier molecular flexibility index (Phi) is 2.30. The second kappa shape index (κ2) is 3.11. The summed E-state index contributed by atoms with van der Waals surface area (Å²) in [6, 6.07) is 0. The van der Waals surface area contributed by atoms with Gasteiger partial charge < -0.3 is 14.6 Å². The summed E-state index contributed by atoms with van der Waals surface area (Å²) in [7, 11) is 2.69. The van der Waals surface area contributed by atoms with E-state index in [1.807, 2.05) is 0 Å². The topological polar surface area (TPSA) is 55.8 Å². The molecule has 0 saturated carbocycles. The van der Waals surface area contributed by atoms with E-state index in [0.29, 0.717) is 0 Å². The van der Waals surface area contributed by atoms with Gasteiger partial charge >= 0.3 is 0 Å². The molecule has 1 atom stereocenters. The lowest BCUT2D eigenvalue weighted by atomic mass is 9.89. The van der Waals surface area contributed by atoms with Crippen LogP contribution in [0.5, 0.6) is 0 Å². The Morgan fingerprint density at radius 1 is 1.38 bits per heavy atom. The van der Waals surface area contributed by atoms with Crippen molar-refractivity contribution in [2.45, 2.75) is 12.5 Å². The Hall–Kier alpha value is -1.47. The number of carbonyl (C=O) groups excluding carboxylic acids is 1. The molecule has 0 aromatic rings. The summed E-state index contributed by atoms with van der Waals surface area (Å²) in [6.45, 7) is 1.53. The highest BCUT2D eigenvalue weighted by Gasteiger charge is 2.55. The smallest absolute Gasteiger partial charge is 0.254 e. The number of rotatable bonds is 2. The van der Waals surface area contributed by atoms with E-state index in [2.05, 4.69) is 11.8 Å². The van der Waals surface area contributed by atoms with Crippen molar-refractivity contribution in [3.8, 4) is 11.8 Å². The minimum Gasteiger partial charge on any atom is -0.493 e. The predicted octanol–water partition coefficient (Wildman–Crippen LogP) is -0.172. The van der Waals surface area contributed by atoms with Gasteiger partial charge in [0.05, 0.1) is 14.2 Å². The van der Waals surface area contributed by atoms with Crippen LogP contribution in [0.15, 0.2) is 11.5 Å². The van der Waals surface area contributed by atoms with Crippen molar-refractivity contribution in [1.29, 1.82) is 0 Å². The summed E-state index contributed by atoms with van der Waals surface area (Å²) in [5, 5.41) is 9.65. The number of aliphatic hydroxyl groups is 1. The molecule has 1 aliphatic carbocycles. The number of hydrogen-bond donors (Lipinski definition) is 1. The molecule has 4 nitrogen and oxygen atoms in total. The predicted molar refractivity (Wildman–Crippen MR) is 44.5 cm³/mol. The van der Waals surface area contributed by atoms with Gasteiger partial charge in [-0.2, -0.15) is 0 Å². The van der Waals surface area contributed by atoms with Crippen LogP contribution in [0, 0.1) is 11.8 Å². The number of ketones is 1. The largest absolute Gasteiger partial charge is 0.493 e. The second-order valence-electron chi connectivity index (χ2n) is 2.48. The average Bonchev–Trinajstić information content (AvgIpc) is 2.13. The first kappa shape index (κ1) is 9.62. The number of ether oxygens (including phenoxy) is 2. The summed E-state index contributed by atoms with van der Waals surface area (Å²) in [4.78, 5) is 11.3. The van der Waals surface area contributed by atoms with Crippen LogP contribution in [0.1, 0.15) is 6.92 Å². The van der Waals surface area contributed by atoms with Crippen molar-refractivity contribution in [2.75, 3.05) is 14.2 Å². The Bertz CT molecular complexity index is 331. The normalized spacial score (nSPS) is 26.0. The van der Waals surface area contributed by atoms with Gasteiger partial charge in [0, 0.05) is 0 Å². The van der Waals surface area contributed by atoms with Crippen molar-refractivity contribution >= 4 is 5.78 Å². The maximum Gasteiger partial charge on any atom is 0.254 e. The molecule has 1 unspecified atom stereocenters. The molecule has 0 aromatic carbocycles. The van der Waals surface area contributed by atoms with Crippen molar-refractivity contribution in [3.63, 3.8) is 0 Å². The molecule has 0 fully saturated rings. The van der Waals surface area contributed by atoms with Crippen LogP contribution in [-0.2, 0) is 14.3 Å². The lowest BCUT2D eigenvalue weighted by molar-refractivity contribution is -0.138. The van der Waals surface area contributed by atoms with Gasteiger partial charge in [-0.1, -0.05) is 5.92 Å². The number of carbonyl (C=O) groups is 1. The van der Waals surface area contributed by atoms with E-state index in [-0.39, 0.29) is 11.5 Å². The van der Waals surface area contributed by atoms with Crippen molar-refractivity contribution in [1.82, 2.24) is 0 Å². The third kappa shape index (κ3) is 1.09. The monoisotopic (exact) mass is 184 g/mol. The van der Waals surface area contributed by atoms with Crippen LogP contribution in [-0.4, -0.2) is 30.7 Å². The molecule has 0 bridgehead atoms. The van der Waals surface area contributed by atoms with E-state index in [1.54, 1.807) is 0 Å². The van der Waals surface area contributed by atoms with Gasteiger partial charge in [0.25, 0.3) is 11.4 Å². The lowest BCUT2D eigenvalue weighted by Crippen LogP contribution is -2.51. The van der Waals surface area contributed by atoms with E-state index in [0.717, 1.165) is 0 Å². The Balaban J connectivity index is 3.13. The van der Waals surface area contributed by atoms with E-state index in [1.165, 1.54) is 21.1 Å². The molecular weight excluding hydrogens is 174 g/mol. The molecule has 70 valence electrons. The van der Waals surface area contributed by atoms with Crippen LogP contribution < -0.4 is 0 Å². The summed E-state index contributed by atoms with van der Waals surface area (Å²) in [5.74, 6) is 4.38. The van der Waals surface area contributed by atoms with Crippen molar-refractivity contribution in [2.24, 2.45) is 0 Å². The summed E-state index contributed by atoms with van der Waals surface area (Å²) in [6.07, 6.45) is 0. The van der Waals surface area contributed by atoms with Crippen LogP contribution in [0.2, 0.25) is 0 Å². The third-order valence-corrected chi connectivity index (χ3v) is 1.78. The molecule has 0 radical (unpaired) electrons. The standard InChI is InChI=1S/C9H10O4/c1-4-5-9(11)7(10)6(12-2)8(9)13-3/h11H,1-3H3/i4+1,5+1. The third-order valence-electron chi connectivity index (χ3n) is 1.78. The first-order chi connectivity index (χ1) is 6.11. The molecule has 0 heterocycles. The molecule has 0 aromatic heterocycles. The Morgan fingerprint density at radius 2 is 2.00 bits per heavy atom. The minimum absolute atomic E-state index is 0.0350. The number of Topliss-reactive ketones (excluding diaryl/α,β-unsaturated/α-hetero) is 1. The zero-order valence-electron chi connectivity index (χ0n) is 7.67. The van der Waals surface area contributed by atoms with Crippen LogP contribution in [0.4, 0.5) is 0 Å². The van der Waals surface area contributed by atoms with E-state index >= 15 is 0 Å². The fourth-order valence-corrected chi connectivity index (χ4v) is 1.19. The average molecular weight is 184 g/mol. The molecule has 0 aliphatic heterocycles. The van der Waals surface area contributed by atoms with Crippen molar-refractivity contribution < 1.29 is 19.4 Å². The highest BCUT2D eigenvalue weighted by atomic mass is 16.5. The van der Waals surface area contributed by atoms with Gasteiger partial charge in [-0.15, -0.1) is 5.92 Å². The Labute approximate surface area is 76.1 Å². The Morgan fingerprint density at radius 3 is 2.38 bits per heavy atom. The van der Waals surface area contributed by atoms with Crippen LogP contribution in [0.3, 0.4) is 0 Å². The molecule has 0 saturated heterocycles. The number of hydrogen-bond acceptors (Lipinski definition) is 4. The van der Waals surface area contributed by atoms with Crippen LogP contribution in [0.25, 0.3) is 0 Å². The van der Waals surface area contributed by atoms with Crippen LogP contribution >= 0.6 is 0 Å². The van der Waals surface area contributed by atoms with E-state index < -0.39 is 11.4 Å².